The van der Waals surface area contributed by atoms with Gasteiger partial charge < -0.3 is 19.9 Å². The summed E-state index contributed by atoms with van der Waals surface area (Å²) < 4.78 is 12.1. The Balaban J connectivity index is 1.38. The number of benzene rings is 2. The van der Waals surface area contributed by atoms with Crippen LogP contribution in [-0.2, 0) is 11.2 Å². The van der Waals surface area contributed by atoms with Crippen LogP contribution in [0.25, 0.3) is 0 Å². The van der Waals surface area contributed by atoms with E-state index < -0.39 is 5.97 Å². The maximum atomic E-state index is 11.4. The van der Waals surface area contributed by atoms with Gasteiger partial charge >= 0.3 is 5.97 Å². The molecule has 0 fully saturated rings. The predicted octanol–water partition coefficient (Wildman–Crippen LogP) is 5.18. The van der Waals surface area contributed by atoms with Crippen LogP contribution in [-0.4, -0.2) is 29.2 Å². The van der Waals surface area contributed by atoms with E-state index >= 15 is 0 Å². The van der Waals surface area contributed by atoms with Crippen molar-refractivity contribution < 1.29 is 19.4 Å². The first-order valence-corrected chi connectivity index (χ1v) is 10.5. The fourth-order valence-corrected chi connectivity index (χ4v) is 3.80. The van der Waals surface area contributed by atoms with Crippen LogP contribution in [0.3, 0.4) is 0 Å². The lowest BCUT2D eigenvalue weighted by Crippen LogP contribution is -2.09. The minimum Gasteiger partial charge on any atom is -0.493 e. The molecule has 0 aliphatic carbocycles. The van der Waals surface area contributed by atoms with Crippen molar-refractivity contribution in [3.05, 3.63) is 77.5 Å². The molecule has 2 heterocycles. The van der Waals surface area contributed by atoms with Gasteiger partial charge in [0.15, 0.2) is 0 Å². The van der Waals surface area contributed by atoms with Crippen LogP contribution in [0.1, 0.15) is 35.4 Å². The molecule has 0 amide bonds. The molecular formula is C25H26N2O4. The molecule has 31 heavy (non-hydrogen) atoms. The predicted molar refractivity (Wildman–Crippen MR) is 119 cm³/mol. The molecule has 1 atom stereocenters. The number of pyridine rings is 1. The van der Waals surface area contributed by atoms with Gasteiger partial charge in [0.05, 0.1) is 13.0 Å². The van der Waals surface area contributed by atoms with Crippen LogP contribution >= 0.6 is 0 Å². The highest BCUT2D eigenvalue weighted by atomic mass is 16.5. The van der Waals surface area contributed by atoms with E-state index in [1.807, 2.05) is 61.5 Å². The van der Waals surface area contributed by atoms with Crippen molar-refractivity contribution in [3.8, 4) is 17.2 Å². The van der Waals surface area contributed by atoms with Gasteiger partial charge in [-0.15, -0.1) is 0 Å². The molecule has 2 aromatic carbocycles. The Bertz CT molecular complexity index is 1070. The molecule has 1 unspecified atom stereocenters. The highest BCUT2D eigenvalue weighted by Gasteiger charge is 2.25. The van der Waals surface area contributed by atoms with Crippen molar-refractivity contribution in [2.45, 2.75) is 32.1 Å². The summed E-state index contributed by atoms with van der Waals surface area (Å²) in [6.07, 6.45) is 3.31. The molecule has 0 spiro atoms. The molecule has 6 nitrogen and oxygen atoms in total. The molecule has 1 aliphatic heterocycles. The van der Waals surface area contributed by atoms with E-state index in [2.05, 4.69) is 10.3 Å². The van der Waals surface area contributed by atoms with Gasteiger partial charge in [0, 0.05) is 24.7 Å². The lowest BCUT2D eigenvalue weighted by molar-refractivity contribution is -0.137. The first kappa shape index (κ1) is 20.7. The molecule has 0 radical (unpaired) electrons. The number of carboxylic acids is 1. The second-order valence-electron chi connectivity index (χ2n) is 7.76. The van der Waals surface area contributed by atoms with Crippen molar-refractivity contribution in [3.63, 3.8) is 0 Å². The summed E-state index contributed by atoms with van der Waals surface area (Å²) in [7, 11) is 0. The number of aromatic nitrogens is 1. The van der Waals surface area contributed by atoms with Gasteiger partial charge in [0.25, 0.3) is 0 Å². The fourth-order valence-electron chi connectivity index (χ4n) is 3.80. The third-order valence-electron chi connectivity index (χ3n) is 5.32. The van der Waals surface area contributed by atoms with Gasteiger partial charge in [0.2, 0.25) is 0 Å². The van der Waals surface area contributed by atoms with Gasteiger partial charge in [-0.05, 0) is 60.7 Å². The molecule has 4 rings (SSSR count). The minimum atomic E-state index is -0.808. The SMILES string of the molecule is Cc1ccnc(NCCCOc2ccc3c(c2)Oc2ccccc2C(CC(=O)O)C3)c1. The number of aliphatic carboxylic acids is 1. The first-order chi connectivity index (χ1) is 15.1. The maximum Gasteiger partial charge on any atom is 0.303 e. The summed E-state index contributed by atoms with van der Waals surface area (Å²) in [6, 6.07) is 17.4. The van der Waals surface area contributed by atoms with Crippen LogP contribution in [0.15, 0.2) is 60.8 Å². The zero-order chi connectivity index (χ0) is 21.6. The molecule has 6 heteroatoms. The van der Waals surface area contributed by atoms with E-state index in [1.54, 1.807) is 6.20 Å². The second kappa shape index (κ2) is 9.51. The van der Waals surface area contributed by atoms with E-state index in [9.17, 15) is 9.90 Å². The Hall–Kier alpha value is -3.54. The normalized spacial score (nSPS) is 14.5. The molecule has 1 aliphatic rings. The summed E-state index contributed by atoms with van der Waals surface area (Å²) in [5, 5.41) is 12.6. The monoisotopic (exact) mass is 418 g/mol. The third kappa shape index (κ3) is 5.34. The van der Waals surface area contributed by atoms with Gasteiger partial charge in [-0.1, -0.05) is 24.3 Å². The van der Waals surface area contributed by atoms with Crippen molar-refractivity contribution in [2.75, 3.05) is 18.5 Å². The number of carboxylic acid groups (broad SMARTS) is 1. The largest absolute Gasteiger partial charge is 0.493 e. The Morgan fingerprint density at radius 2 is 2.06 bits per heavy atom. The molecule has 0 saturated carbocycles. The number of nitrogens with one attached hydrogen (secondary N) is 1. The Labute approximate surface area is 181 Å². The first-order valence-electron chi connectivity index (χ1n) is 10.5. The van der Waals surface area contributed by atoms with E-state index in [0.29, 0.717) is 18.8 Å². The lowest BCUT2D eigenvalue weighted by Gasteiger charge is -2.14. The average molecular weight is 418 g/mol. The summed E-state index contributed by atoms with van der Waals surface area (Å²) in [4.78, 5) is 15.7. The standard InChI is InChI=1S/C25H26N2O4/c1-17-9-11-27-24(13-17)26-10-4-12-30-20-8-7-18-14-19(15-25(28)29)21-5-2-3-6-22(21)31-23(18)16-20/h2-3,5-9,11,13,16,19H,4,10,12,14-15H2,1H3,(H,26,27)(H,28,29). The number of para-hydroxylation sites is 1. The molecule has 160 valence electrons. The van der Waals surface area contributed by atoms with Crippen LogP contribution in [0.5, 0.6) is 17.2 Å². The van der Waals surface area contributed by atoms with Gasteiger partial charge in [0.1, 0.15) is 23.1 Å². The third-order valence-corrected chi connectivity index (χ3v) is 5.32. The van der Waals surface area contributed by atoms with E-state index in [0.717, 1.165) is 41.4 Å². The van der Waals surface area contributed by atoms with Crippen LogP contribution in [0, 0.1) is 6.92 Å². The molecule has 2 N–H and O–H groups in total. The zero-order valence-electron chi connectivity index (χ0n) is 17.5. The smallest absolute Gasteiger partial charge is 0.303 e. The fraction of sp³-hybridized carbons (Fsp3) is 0.280. The van der Waals surface area contributed by atoms with E-state index in [-0.39, 0.29) is 12.3 Å². The highest BCUT2D eigenvalue weighted by molar-refractivity contribution is 5.69. The Morgan fingerprint density at radius 1 is 1.19 bits per heavy atom. The maximum absolute atomic E-state index is 11.4. The number of hydrogen-bond donors (Lipinski definition) is 2. The summed E-state index contributed by atoms with van der Waals surface area (Å²) in [6.45, 7) is 3.37. The highest BCUT2D eigenvalue weighted by Crippen LogP contribution is 2.41. The number of fused-ring (bicyclic) bond motifs is 2. The van der Waals surface area contributed by atoms with E-state index in [1.165, 1.54) is 5.56 Å². The van der Waals surface area contributed by atoms with Crippen LogP contribution in [0.4, 0.5) is 5.82 Å². The van der Waals surface area contributed by atoms with Crippen molar-refractivity contribution in [1.82, 2.24) is 4.98 Å². The number of rotatable bonds is 8. The summed E-state index contributed by atoms with van der Waals surface area (Å²) >= 11 is 0. The summed E-state index contributed by atoms with van der Waals surface area (Å²) in [5.41, 5.74) is 3.09. The molecule has 0 bridgehead atoms. The molecule has 3 aromatic rings. The number of nitrogens with zero attached hydrogens (tertiary/aromatic N) is 1. The molecule has 1 aromatic heterocycles. The Morgan fingerprint density at radius 3 is 2.90 bits per heavy atom. The van der Waals surface area contributed by atoms with Crippen molar-refractivity contribution in [1.29, 1.82) is 0 Å². The topological polar surface area (TPSA) is 80.7 Å². The van der Waals surface area contributed by atoms with Gasteiger partial charge in [-0.25, -0.2) is 4.98 Å². The minimum absolute atomic E-state index is 0.0703. The number of carbonyl (C=O) groups is 1. The molecule has 0 saturated heterocycles. The number of hydrogen-bond acceptors (Lipinski definition) is 5. The van der Waals surface area contributed by atoms with Gasteiger partial charge in [-0.2, -0.15) is 0 Å². The van der Waals surface area contributed by atoms with E-state index in [4.69, 9.17) is 9.47 Å². The lowest BCUT2D eigenvalue weighted by atomic mass is 9.89. The quantitative estimate of drug-likeness (QED) is 0.491. The molecular weight excluding hydrogens is 392 g/mol. The van der Waals surface area contributed by atoms with Crippen molar-refractivity contribution in [2.24, 2.45) is 0 Å². The second-order valence-corrected chi connectivity index (χ2v) is 7.76. The van der Waals surface area contributed by atoms with Gasteiger partial charge in [-0.3, -0.25) is 4.79 Å². The zero-order valence-corrected chi connectivity index (χ0v) is 17.5. The number of ether oxygens (including phenoxy) is 2. The Kier molecular flexibility index (Phi) is 6.36. The summed E-state index contributed by atoms with van der Waals surface area (Å²) in [5.74, 6) is 2.11. The number of anilines is 1. The van der Waals surface area contributed by atoms with Crippen LogP contribution < -0.4 is 14.8 Å². The number of aryl methyl sites for hydroxylation is 1. The van der Waals surface area contributed by atoms with Crippen LogP contribution in [0.2, 0.25) is 0 Å². The van der Waals surface area contributed by atoms with Crippen molar-refractivity contribution >= 4 is 11.8 Å². The average Bonchev–Trinajstić information content (AvgIpc) is 2.89.